The maximum atomic E-state index is 12.0. The van der Waals surface area contributed by atoms with Crippen LogP contribution in [-0.4, -0.2) is 44.5 Å². The number of nitrogens with one attached hydrogen (secondary N) is 1. The van der Waals surface area contributed by atoms with Crippen LogP contribution in [-0.2, 0) is 10.0 Å². The highest BCUT2D eigenvalue weighted by Crippen LogP contribution is 2.10. The van der Waals surface area contributed by atoms with Crippen LogP contribution in [0.15, 0.2) is 24.3 Å². The van der Waals surface area contributed by atoms with Gasteiger partial charge in [-0.3, -0.25) is 4.79 Å². The Morgan fingerprint density at radius 3 is 2.55 bits per heavy atom. The Bertz CT molecular complexity index is 603. The van der Waals surface area contributed by atoms with Gasteiger partial charge in [0.05, 0.1) is 6.26 Å². The first-order chi connectivity index (χ1) is 10.2. The average molecular weight is 347 g/mol. The first-order valence-electron chi connectivity index (χ1n) is 7.19. The fourth-order valence-corrected chi connectivity index (χ4v) is 2.92. The smallest absolute Gasteiger partial charge is 0.251 e. The minimum Gasteiger partial charge on any atom is -0.351 e. The van der Waals surface area contributed by atoms with Crippen molar-refractivity contribution in [2.75, 3.05) is 25.9 Å². The van der Waals surface area contributed by atoms with Crippen molar-refractivity contribution in [1.82, 2.24) is 9.62 Å². The van der Waals surface area contributed by atoms with Crippen molar-refractivity contribution in [1.29, 1.82) is 0 Å². The van der Waals surface area contributed by atoms with Crippen molar-refractivity contribution < 1.29 is 13.2 Å². The molecule has 5 nitrogen and oxygen atoms in total. The molecule has 1 amide bonds. The molecule has 0 atom stereocenters. The Balaban J connectivity index is 2.53. The second-order valence-corrected chi connectivity index (χ2v) is 8.03. The van der Waals surface area contributed by atoms with E-state index in [1.165, 1.54) is 10.6 Å². The second-order valence-electron chi connectivity index (χ2n) is 5.61. The SMILES string of the molecule is CC(C)CCN(CCNC(=O)c1cccc(Cl)c1)S(C)(=O)=O. The van der Waals surface area contributed by atoms with Crippen molar-refractivity contribution in [2.45, 2.75) is 20.3 Å². The predicted octanol–water partition coefficient (Wildman–Crippen LogP) is 2.38. The van der Waals surface area contributed by atoms with Crippen LogP contribution < -0.4 is 5.32 Å². The van der Waals surface area contributed by atoms with Gasteiger partial charge in [0.15, 0.2) is 0 Å². The highest BCUT2D eigenvalue weighted by molar-refractivity contribution is 7.88. The number of halogens is 1. The van der Waals surface area contributed by atoms with E-state index in [2.05, 4.69) is 5.32 Å². The third-order valence-corrected chi connectivity index (χ3v) is 4.70. The lowest BCUT2D eigenvalue weighted by Crippen LogP contribution is -2.38. The first kappa shape index (κ1) is 18.9. The van der Waals surface area contributed by atoms with Crippen LogP contribution in [0.4, 0.5) is 0 Å². The lowest BCUT2D eigenvalue weighted by Gasteiger charge is -2.21. The van der Waals surface area contributed by atoms with Crippen molar-refractivity contribution in [2.24, 2.45) is 5.92 Å². The highest BCUT2D eigenvalue weighted by Gasteiger charge is 2.17. The van der Waals surface area contributed by atoms with Gasteiger partial charge in [0.1, 0.15) is 0 Å². The normalized spacial score (nSPS) is 11.9. The number of hydrogen-bond donors (Lipinski definition) is 1. The van der Waals surface area contributed by atoms with Crippen LogP contribution in [0.5, 0.6) is 0 Å². The third kappa shape index (κ3) is 6.77. The second kappa shape index (κ2) is 8.50. The Morgan fingerprint density at radius 1 is 1.32 bits per heavy atom. The summed E-state index contributed by atoms with van der Waals surface area (Å²) in [5.41, 5.74) is 0.459. The minimum absolute atomic E-state index is 0.260. The molecular weight excluding hydrogens is 324 g/mol. The Kier molecular flexibility index (Phi) is 7.32. The molecular formula is C15H23ClN2O3S. The zero-order chi connectivity index (χ0) is 16.8. The molecule has 0 aliphatic carbocycles. The van der Waals surface area contributed by atoms with Crippen LogP contribution in [0.3, 0.4) is 0 Å². The topological polar surface area (TPSA) is 66.5 Å². The number of benzene rings is 1. The van der Waals surface area contributed by atoms with Crippen LogP contribution >= 0.6 is 11.6 Å². The third-order valence-electron chi connectivity index (χ3n) is 3.16. The van der Waals surface area contributed by atoms with Gasteiger partial charge >= 0.3 is 0 Å². The molecule has 1 N–H and O–H groups in total. The zero-order valence-electron chi connectivity index (χ0n) is 13.2. The van der Waals surface area contributed by atoms with Crippen LogP contribution in [0, 0.1) is 5.92 Å². The fourth-order valence-electron chi connectivity index (χ4n) is 1.87. The molecule has 0 heterocycles. The van der Waals surface area contributed by atoms with E-state index in [0.29, 0.717) is 23.0 Å². The molecule has 0 fully saturated rings. The van der Waals surface area contributed by atoms with Gasteiger partial charge in [-0.25, -0.2) is 12.7 Å². The quantitative estimate of drug-likeness (QED) is 0.785. The molecule has 0 spiro atoms. The molecule has 0 bridgehead atoms. The monoisotopic (exact) mass is 346 g/mol. The van der Waals surface area contributed by atoms with E-state index in [-0.39, 0.29) is 19.0 Å². The summed E-state index contributed by atoms with van der Waals surface area (Å²) >= 11 is 5.84. The Labute approximate surface area is 137 Å². The van der Waals surface area contributed by atoms with Crippen molar-refractivity contribution in [3.05, 3.63) is 34.9 Å². The molecule has 0 saturated heterocycles. The summed E-state index contributed by atoms with van der Waals surface area (Å²) in [5, 5.41) is 3.20. The zero-order valence-corrected chi connectivity index (χ0v) is 14.7. The molecule has 0 aromatic heterocycles. The largest absolute Gasteiger partial charge is 0.351 e. The van der Waals surface area contributed by atoms with Gasteiger partial charge in [0, 0.05) is 30.2 Å². The molecule has 0 radical (unpaired) electrons. The molecule has 1 rings (SSSR count). The van der Waals surface area contributed by atoms with Crippen molar-refractivity contribution >= 4 is 27.5 Å². The van der Waals surface area contributed by atoms with Crippen LogP contribution in [0.1, 0.15) is 30.6 Å². The number of nitrogens with zero attached hydrogens (tertiary/aromatic N) is 1. The maximum absolute atomic E-state index is 12.0. The van der Waals surface area contributed by atoms with E-state index in [9.17, 15) is 13.2 Å². The summed E-state index contributed by atoms with van der Waals surface area (Å²) in [6.07, 6.45) is 1.97. The van der Waals surface area contributed by atoms with E-state index >= 15 is 0 Å². The van der Waals surface area contributed by atoms with Crippen LogP contribution in [0.2, 0.25) is 5.02 Å². The number of rotatable bonds is 8. The van der Waals surface area contributed by atoms with Gasteiger partial charge < -0.3 is 5.32 Å². The number of amides is 1. The average Bonchev–Trinajstić information content (AvgIpc) is 2.40. The summed E-state index contributed by atoms with van der Waals surface area (Å²) in [7, 11) is -3.27. The van der Waals surface area contributed by atoms with Gasteiger partial charge in [-0.15, -0.1) is 0 Å². The molecule has 7 heteroatoms. The van der Waals surface area contributed by atoms with E-state index in [4.69, 9.17) is 11.6 Å². The standard InChI is InChI=1S/C15H23ClN2O3S/c1-12(2)7-9-18(22(3,20)21)10-8-17-15(19)13-5-4-6-14(16)11-13/h4-6,11-12H,7-10H2,1-3H3,(H,17,19). The van der Waals surface area contributed by atoms with Gasteiger partial charge in [-0.2, -0.15) is 0 Å². The summed E-state index contributed by atoms with van der Waals surface area (Å²) in [4.78, 5) is 12.0. The maximum Gasteiger partial charge on any atom is 0.251 e. The summed E-state index contributed by atoms with van der Waals surface area (Å²) in [6.45, 7) is 5.07. The fraction of sp³-hybridized carbons (Fsp3) is 0.533. The number of carbonyl (C=O) groups is 1. The Hall–Kier alpha value is -1.11. The molecule has 0 aliphatic heterocycles. The molecule has 0 unspecified atom stereocenters. The van der Waals surface area contributed by atoms with Gasteiger partial charge in [0.25, 0.3) is 5.91 Å². The van der Waals surface area contributed by atoms with E-state index in [1.807, 2.05) is 13.8 Å². The van der Waals surface area contributed by atoms with Gasteiger partial charge in [0.2, 0.25) is 10.0 Å². The molecule has 0 aliphatic rings. The van der Waals surface area contributed by atoms with E-state index < -0.39 is 10.0 Å². The van der Waals surface area contributed by atoms with Gasteiger partial charge in [-0.1, -0.05) is 31.5 Å². The summed E-state index contributed by atoms with van der Waals surface area (Å²) in [6, 6.07) is 6.62. The molecule has 124 valence electrons. The number of sulfonamides is 1. The molecule has 22 heavy (non-hydrogen) atoms. The van der Waals surface area contributed by atoms with Crippen molar-refractivity contribution in [3.8, 4) is 0 Å². The number of hydrogen-bond acceptors (Lipinski definition) is 3. The predicted molar refractivity (Wildman–Crippen MR) is 89.7 cm³/mol. The summed E-state index contributed by atoms with van der Waals surface area (Å²) in [5.74, 6) is 0.158. The molecule has 1 aromatic carbocycles. The highest BCUT2D eigenvalue weighted by atomic mass is 35.5. The Morgan fingerprint density at radius 2 is 2.00 bits per heavy atom. The molecule has 0 saturated carbocycles. The minimum atomic E-state index is -3.27. The first-order valence-corrected chi connectivity index (χ1v) is 9.41. The molecule has 1 aromatic rings. The summed E-state index contributed by atoms with van der Waals surface area (Å²) < 4.78 is 24.9. The number of carbonyl (C=O) groups excluding carboxylic acids is 1. The van der Waals surface area contributed by atoms with Crippen molar-refractivity contribution in [3.63, 3.8) is 0 Å². The van der Waals surface area contributed by atoms with Gasteiger partial charge in [-0.05, 0) is 30.5 Å². The van der Waals surface area contributed by atoms with Crippen LogP contribution in [0.25, 0.3) is 0 Å². The van der Waals surface area contributed by atoms with E-state index in [1.54, 1.807) is 24.3 Å². The van der Waals surface area contributed by atoms with E-state index in [0.717, 1.165) is 6.42 Å². The lowest BCUT2D eigenvalue weighted by atomic mass is 10.1. The lowest BCUT2D eigenvalue weighted by molar-refractivity contribution is 0.0951.